The number of fused-ring (bicyclic) bond motifs is 1. The van der Waals surface area contributed by atoms with Crippen molar-refractivity contribution in [3.63, 3.8) is 0 Å². The van der Waals surface area contributed by atoms with Gasteiger partial charge in [-0.25, -0.2) is 4.79 Å². The summed E-state index contributed by atoms with van der Waals surface area (Å²) in [4.78, 5) is 11.7. The Labute approximate surface area is 163 Å². The Kier molecular flexibility index (Phi) is 4.89. The van der Waals surface area contributed by atoms with Gasteiger partial charge in [0, 0.05) is 5.56 Å². The van der Waals surface area contributed by atoms with Crippen molar-refractivity contribution in [2.75, 3.05) is 0 Å². The highest BCUT2D eigenvalue weighted by Gasteiger charge is 2.38. The van der Waals surface area contributed by atoms with Crippen molar-refractivity contribution in [1.29, 1.82) is 0 Å². The average molecular weight is 376 g/mol. The summed E-state index contributed by atoms with van der Waals surface area (Å²) in [5, 5.41) is 9.60. The molecule has 1 aliphatic heterocycles. The number of hydrogen-bond acceptors (Lipinski definition) is 4. The van der Waals surface area contributed by atoms with E-state index in [4.69, 9.17) is 14.2 Å². The van der Waals surface area contributed by atoms with E-state index in [1.54, 1.807) is 24.3 Å². The Hall–Kier alpha value is -3.47. The lowest BCUT2D eigenvalue weighted by Gasteiger charge is -2.32. The molecule has 2 unspecified atom stereocenters. The van der Waals surface area contributed by atoms with Crippen molar-refractivity contribution in [3.8, 4) is 17.2 Å². The molecule has 0 fully saturated rings. The Balaban J connectivity index is 1.55. The van der Waals surface area contributed by atoms with E-state index in [1.165, 1.54) is 5.56 Å². The third kappa shape index (κ3) is 3.78. The second kappa shape index (κ2) is 7.64. The van der Waals surface area contributed by atoms with Crippen molar-refractivity contribution in [2.45, 2.75) is 25.7 Å². The summed E-state index contributed by atoms with van der Waals surface area (Å²) < 4.78 is 17.5. The standard InChI is InChI=1S/C23H20O5/c1-15-9-11-16(12-10-15)14-26-18-6-4-5-17(13-18)21-22(23(24)25)28-20-8-3-2-7-19(20)27-21/h2-13,21-22H,14H2,1H3,(H,24,25). The van der Waals surface area contributed by atoms with Crippen molar-refractivity contribution in [2.24, 2.45) is 0 Å². The highest BCUT2D eigenvalue weighted by atomic mass is 16.6. The van der Waals surface area contributed by atoms with Gasteiger partial charge in [-0.2, -0.15) is 0 Å². The summed E-state index contributed by atoms with van der Waals surface area (Å²) in [5.74, 6) is 0.518. The van der Waals surface area contributed by atoms with Crippen molar-refractivity contribution < 1.29 is 24.1 Å². The number of benzene rings is 3. The van der Waals surface area contributed by atoms with E-state index < -0.39 is 18.2 Å². The molecule has 0 spiro atoms. The summed E-state index contributed by atoms with van der Waals surface area (Å²) in [6, 6.07) is 22.5. The van der Waals surface area contributed by atoms with E-state index in [0.29, 0.717) is 29.4 Å². The number of aliphatic carboxylic acids is 1. The molecule has 0 bridgehead atoms. The normalized spacial score (nSPS) is 17.8. The van der Waals surface area contributed by atoms with Crippen LogP contribution >= 0.6 is 0 Å². The zero-order chi connectivity index (χ0) is 19.5. The Bertz CT molecular complexity index is 980. The number of carboxylic acid groups (broad SMARTS) is 1. The van der Waals surface area contributed by atoms with Gasteiger partial charge in [-0.1, -0.05) is 54.1 Å². The lowest BCUT2D eigenvalue weighted by molar-refractivity contribution is -0.151. The fourth-order valence-electron chi connectivity index (χ4n) is 3.10. The Morgan fingerprint density at radius 3 is 2.39 bits per heavy atom. The molecule has 1 heterocycles. The van der Waals surface area contributed by atoms with Gasteiger partial charge in [0.2, 0.25) is 6.10 Å². The van der Waals surface area contributed by atoms with Crippen LogP contribution in [-0.4, -0.2) is 17.2 Å². The summed E-state index contributed by atoms with van der Waals surface area (Å²) >= 11 is 0. The zero-order valence-corrected chi connectivity index (χ0v) is 15.4. The molecule has 1 aliphatic rings. The van der Waals surface area contributed by atoms with Gasteiger partial charge < -0.3 is 19.3 Å². The van der Waals surface area contributed by atoms with Crippen LogP contribution in [-0.2, 0) is 11.4 Å². The van der Waals surface area contributed by atoms with Gasteiger partial charge >= 0.3 is 5.97 Å². The van der Waals surface area contributed by atoms with Crippen LogP contribution in [0.5, 0.6) is 17.2 Å². The lowest BCUT2D eigenvalue weighted by Crippen LogP contribution is -2.39. The molecule has 0 aromatic heterocycles. The molecule has 5 nitrogen and oxygen atoms in total. The van der Waals surface area contributed by atoms with E-state index in [1.807, 2.05) is 55.5 Å². The molecule has 28 heavy (non-hydrogen) atoms. The fourth-order valence-corrected chi connectivity index (χ4v) is 3.10. The van der Waals surface area contributed by atoms with Gasteiger partial charge in [-0.05, 0) is 36.8 Å². The maximum Gasteiger partial charge on any atom is 0.349 e. The smallest absolute Gasteiger partial charge is 0.349 e. The molecular weight excluding hydrogens is 356 g/mol. The first-order chi connectivity index (χ1) is 13.6. The largest absolute Gasteiger partial charge is 0.489 e. The molecule has 3 aromatic rings. The van der Waals surface area contributed by atoms with E-state index in [9.17, 15) is 9.90 Å². The van der Waals surface area contributed by atoms with Gasteiger partial charge in [0.1, 0.15) is 12.4 Å². The van der Waals surface area contributed by atoms with Crippen LogP contribution in [0.4, 0.5) is 0 Å². The lowest BCUT2D eigenvalue weighted by atomic mass is 10.0. The monoisotopic (exact) mass is 376 g/mol. The zero-order valence-electron chi connectivity index (χ0n) is 15.4. The predicted octanol–water partition coefficient (Wildman–Crippen LogP) is 4.54. The summed E-state index contributed by atoms with van der Waals surface area (Å²) in [7, 11) is 0. The van der Waals surface area contributed by atoms with Crippen LogP contribution in [0.3, 0.4) is 0 Å². The third-order valence-corrected chi connectivity index (χ3v) is 4.59. The van der Waals surface area contributed by atoms with E-state index in [2.05, 4.69) is 0 Å². The van der Waals surface area contributed by atoms with Crippen LogP contribution in [0.15, 0.2) is 72.8 Å². The van der Waals surface area contributed by atoms with Gasteiger partial charge in [-0.15, -0.1) is 0 Å². The van der Waals surface area contributed by atoms with E-state index in [0.717, 1.165) is 5.56 Å². The van der Waals surface area contributed by atoms with Crippen LogP contribution < -0.4 is 14.2 Å². The number of para-hydroxylation sites is 2. The quantitative estimate of drug-likeness (QED) is 0.708. The van der Waals surface area contributed by atoms with Gasteiger partial charge in [0.25, 0.3) is 0 Å². The average Bonchev–Trinajstić information content (AvgIpc) is 2.72. The molecule has 142 valence electrons. The summed E-state index contributed by atoms with van der Waals surface area (Å²) in [6.07, 6.45) is -1.91. The minimum absolute atomic E-state index is 0.428. The van der Waals surface area contributed by atoms with Crippen molar-refractivity contribution in [3.05, 3.63) is 89.5 Å². The molecular formula is C23H20O5. The molecule has 5 heteroatoms. The SMILES string of the molecule is Cc1ccc(COc2cccc(C3Oc4ccccc4OC3C(=O)O)c2)cc1. The summed E-state index contributed by atoms with van der Waals surface area (Å²) in [5.41, 5.74) is 2.94. The van der Waals surface area contributed by atoms with E-state index in [-0.39, 0.29) is 0 Å². The van der Waals surface area contributed by atoms with Crippen LogP contribution in [0.1, 0.15) is 22.8 Å². The van der Waals surface area contributed by atoms with Crippen LogP contribution in [0.2, 0.25) is 0 Å². The Morgan fingerprint density at radius 1 is 0.964 bits per heavy atom. The maximum atomic E-state index is 11.7. The third-order valence-electron chi connectivity index (χ3n) is 4.59. The predicted molar refractivity (Wildman–Crippen MR) is 104 cm³/mol. The first-order valence-corrected chi connectivity index (χ1v) is 9.03. The van der Waals surface area contributed by atoms with Gasteiger partial charge in [-0.3, -0.25) is 0 Å². The second-order valence-electron chi connectivity index (χ2n) is 6.71. The minimum atomic E-state index is -1.14. The highest BCUT2D eigenvalue weighted by Crippen LogP contribution is 2.39. The molecule has 0 saturated carbocycles. The van der Waals surface area contributed by atoms with E-state index >= 15 is 0 Å². The molecule has 2 atom stereocenters. The molecule has 3 aromatic carbocycles. The first kappa shape index (κ1) is 17.9. The molecule has 1 N–H and O–H groups in total. The Morgan fingerprint density at radius 2 is 1.68 bits per heavy atom. The number of hydrogen-bond donors (Lipinski definition) is 1. The number of carbonyl (C=O) groups is 1. The summed E-state index contributed by atoms with van der Waals surface area (Å²) in [6.45, 7) is 2.47. The molecule has 0 amide bonds. The van der Waals surface area contributed by atoms with Gasteiger partial charge in [0.15, 0.2) is 17.6 Å². The van der Waals surface area contributed by atoms with Crippen LogP contribution in [0, 0.1) is 6.92 Å². The number of ether oxygens (including phenoxy) is 3. The topological polar surface area (TPSA) is 65.0 Å². The number of carboxylic acids is 1. The number of aryl methyl sites for hydroxylation is 1. The minimum Gasteiger partial charge on any atom is -0.489 e. The molecule has 0 aliphatic carbocycles. The molecule has 0 radical (unpaired) electrons. The maximum absolute atomic E-state index is 11.7. The van der Waals surface area contributed by atoms with Gasteiger partial charge in [0.05, 0.1) is 0 Å². The molecule has 0 saturated heterocycles. The highest BCUT2D eigenvalue weighted by molar-refractivity contribution is 5.75. The fraction of sp³-hybridized carbons (Fsp3) is 0.174. The second-order valence-corrected chi connectivity index (χ2v) is 6.71. The van der Waals surface area contributed by atoms with Crippen LogP contribution in [0.25, 0.3) is 0 Å². The first-order valence-electron chi connectivity index (χ1n) is 9.03. The van der Waals surface area contributed by atoms with Crippen molar-refractivity contribution >= 4 is 5.97 Å². The number of rotatable bonds is 5. The molecule has 4 rings (SSSR count). The van der Waals surface area contributed by atoms with Crippen molar-refractivity contribution in [1.82, 2.24) is 0 Å².